The number of hydrogen-bond donors (Lipinski definition) is 2. The average molecular weight is 289 g/mol. The van der Waals surface area contributed by atoms with Crippen LogP contribution < -0.4 is 10.1 Å². The monoisotopic (exact) mass is 289 g/mol. The molecule has 116 valence electrons. The largest absolute Gasteiger partial charge is 0.491 e. The molecule has 0 heterocycles. The maximum Gasteiger partial charge on any atom is 0.119 e. The molecule has 0 fully saturated rings. The van der Waals surface area contributed by atoms with E-state index in [1.165, 1.54) is 30.4 Å². The molecular weight excluding hydrogens is 262 g/mol. The normalized spacial score (nSPS) is 15.9. The van der Waals surface area contributed by atoms with E-state index in [0.717, 1.165) is 18.7 Å². The van der Waals surface area contributed by atoms with Crippen molar-refractivity contribution in [1.29, 1.82) is 0 Å². The van der Waals surface area contributed by atoms with E-state index in [2.05, 4.69) is 31.3 Å². The summed E-state index contributed by atoms with van der Waals surface area (Å²) in [5, 5.41) is 13.2. The van der Waals surface area contributed by atoms with Crippen molar-refractivity contribution in [2.45, 2.75) is 45.6 Å². The predicted molar refractivity (Wildman–Crippen MR) is 86.8 cm³/mol. The van der Waals surface area contributed by atoms with Crippen molar-refractivity contribution in [3.8, 4) is 5.75 Å². The molecule has 0 bridgehead atoms. The van der Waals surface area contributed by atoms with Gasteiger partial charge in [-0.1, -0.05) is 17.7 Å². The van der Waals surface area contributed by atoms with Crippen molar-refractivity contribution < 1.29 is 9.84 Å². The van der Waals surface area contributed by atoms with Crippen LogP contribution in [0.1, 0.15) is 36.8 Å². The average Bonchev–Trinajstić information content (AvgIpc) is 2.93. The van der Waals surface area contributed by atoms with Crippen LogP contribution in [-0.2, 0) is 0 Å². The topological polar surface area (TPSA) is 41.5 Å². The van der Waals surface area contributed by atoms with Gasteiger partial charge in [0.1, 0.15) is 18.5 Å². The predicted octanol–water partition coefficient (Wildman–Crippen LogP) is 3.13. The fraction of sp³-hybridized carbons (Fsp3) is 0.556. The summed E-state index contributed by atoms with van der Waals surface area (Å²) in [6.07, 6.45) is 6.78. The number of aliphatic hydroxyl groups is 1. The Labute approximate surface area is 128 Å². The molecule has 1 unspecified atom stereocenters. The third-order valence-corrected chi connectivity index (χ3v) is 3.78. The van der Waals surface area contributed by atoms with Crippen molar-refractivity contribution in [3.05, 3.63) is 41.0 Å². The van der Waals surface area contributed by atoms with Crippen LogP contribution in [0.5, 0.6) is 5.75 Å². The minimum absolute atomic E-state index is 0.332. The number of ether oxygens (including phenoxy) is 1. The lowest BCUT2D eigenvalue weighted by atomic mass is 10.1. The van der Waals surface area contributed by atoms with Gasteiger partial charge < -0.3 is 15.2 Å². The third-order valence-electron chi connectivity index (χ3n) is 3.78. The van der Waals surface area contributed by atoms with Crippen LogP contribution in [0.3, 0.4) is 0 Å². The first-order chi connectivity index (χ1) is 10.1. The summed E-state index contributed by atoms with van der Waals surface area (Å²) >= 11 is 0. The van der Waals surface area contributed by atoms with Gasteiger partial charge in [-0.3, -0.25) is 0 Å². The molecule has 0 aromatic heterocycles. The van der Waals surface area contributed by atoms with Gasteiger partial charge in [-0.05, 0) is 69.3 Å². The van der Waals surface area contributed by atoms with Crippen molar-refractivity contribution in [3.63, 3.8) is 0 Å². The van der Waals surface area contributed by atoms with Gasteiger partial charge in [-0.15, -0.1) is 0 Å². The third kappa shape index (κ3) is 5.90. The molecule has 2 N–H and O–H groups in total. The smallest absolute Gasteiger partial charge is 0.119 e. The van der Waals surface area contributed by atoms with Crippen LogP contribution in [0.15, 0.2) is 29.8 Å². The molecule has 2 rings (SSSR count). The summed E-state index contributed by atoms with van der Waals surface area (Å²) in [6, 6.07) is 6.11. The van der Waals surface area contributed by atoms with Gasteiger partial charge in [0.25, 0.3) is 0 Å². The molecule has 0 radical (unpaired) electrons. The quantitative estimate of drug-likeness (QED) is 0.570. The van der Waals surface area contributed by atoms with Crippen LogP contribution >= 0.6 is 0 Å². The molecule has 1 aromatic carbocycles. The summed E-state index contributed by atoms with van der Waals surface area (Å²) in [7, 11) is 0. The minimum atomic E-state index is -0.469. The molecule has 0 saturated carbocycles. The summed E-state index contributed by atoms with van der Waals surface area (Å²) in [6.45, 7) is 5.95. The fourth-order valence-electron chi connectivity index (χ4n) is 2.75. The first kappa shape index (κ1) is 16.1. The molecule has 0 aliphatic heterocycles. The molecule has 3 nitrogen and oxygen atoms in total. The molecular formula is C18H27NO2. The second kappa shape index (κ2) is 8.20. The highest BCUT2D eigenvalue weighted by molar-refractivity contribution is 5.32. The van der Waals surface area contributed by atoms with Crippen LogP contribution in [0.4, 0.5) is 0 Å². The first-order valence-corrected chi connectivity index (χ1v) is 7.91. The van der Waals surface area contributed by atoms with Gasteiger partial charge in [0.15, 0.2) is 0 Å². The van der Waals surface area contributed by atoms with Crippen molar-refractivity contribution in [1.82, 2.24) is 5.32 Å². The number of benzene rings is 1. The highest BCUT2D eigenvalue weighted by Gasteiger charge is 2.07. The van der Waals surface area contributed by atoms with Gasteiger partial charge in [-0.25, -0.2) is 0 Å². The Kier molecular flexibility index (Phi) is 6.27. The Bertz CT molecular complexity index is 462. The first-order valence-electron chi connectivity index (χ1n) is 7.91. The Morgan fingerprint density at radius 1 is 1.24 bits per heavy atom. The van der Waals surface area contributed by atoms with E-state index in [9.17, 15) is 5.11 Å². The summed E-state index contributed by atoms with van der Waals surface area (Å²) < 4.78 is 5.66. The number of aliphatic hydroxyl groups excluding tert-OH is 1. The Hall–Kier alpha value is -1.32. The summed E-state index contributed by atoms with van der Waals surface area (Å²) in [4.78, 5) is 0. The maximum absolute atomic E-state index is 9.94. The second-order valence-electron chi connectivity index (χ2n) is 6.00. The highest BCUT2D eigenvalue weighted by Crippen LogP contribution is 2.19. The molecule has 1 aliphatic carbocycles. The lowest BCUT2D eigenvalue weighted by molar-refractivity contribution is 0.106. The number of aryl methyl sites for hydroxylation is 2. The van der Waals surface area contributed by atoms with E-state index < -0.39 is 6.10 Å². The van der Waals surface area contributed by atoms with E-state index in [1.807, 2.05) is 12.1 Å². The minimum Gasteiger partial charge on any atom is -0.491 e. The number of hydrogen-bond acceptors (Lipinski definition) is 3. The lowest BCUT2D eigenvalue weighted by Gasteiger charge is -2.14. The summed E-state index contributed by atoms with van der Waals surface area (Å²) in [5.74, 6) is 0.836. The van der Waals surface area contributed by atoms with E-state index >= 15 is 0 Å². The van der Waals surface area contributed by atoms with E-state index in [4.69, 9.17) is 4.74 Å². The molecule has 0 saturated heterocycles. The Balaban J connectivity index is 1.61. The van der Waals surface area contributed by atoms with Crippen molar-refractivity contribution >= 4 is 0 Å². The van der Waals surface area contributed by atoms with Gasteiger partial charge >= 0.3 is 0 Å². The summed E-state index contributed by atoms with van der Waals surface area (Å²) in [5.41, 5.74) is 3.92. The highest BCUT2D eigenvalue weighted by atomic mass is 16.5. The molecule has 1 atom stereocenters. The SMILES string of the molecule is Cc1cc(C)cc(OCC(O)CNCCC2=CCCC2)c1. The zero-order chi connectivity index (χ0) is 15.1. The van der Waals surface area contributed by atoms with E-state index in [0.29, 0.717) is 13.2 Å². The Morgan fingerprint density at radius 2 is 2.00 bits per heavy atom. The second-order valence-corrected chi connectivity index (χ2v) is 6.00. The molecule has 1 aliphatic rings. The van der Waals surface area contributed by atoms with Crippen molar-refractivity contribution in [2.75, 3.05) is 19.7 Å². The molecule has 1 aromatic rings. The van der Waals surface area contributed by atoms with Crippen LogP contribution in [0.2, 0.25) is 0 Å². The maximum atomic E-state index is 9.94. The van der Waals surface area contributed by atoms with Gasteiger partial charge in [0.2, 0.25) is 0 Å². The molecule has 3 heteroatoms. The number of allylic oxidation sites excluding steroid dienone is 1. The van der Waals surface area contributed by atoms with Gasteiger partial charge in [0.05, 0.1) is 0 Å². The number of nitrogens with one attached hydrogen (secondary N) is 1. The lowest BCUT2D eigenvalue weighted by Crippen LogP contribution is -2.32. The zero-order valence-corrected chi connectivity index (χ0v) is 13.2. The van der Waals surface area contributed by atoms with Crippen LogP contribution in [0, 0.1) is 13.8 Å². The molecule has 21 heavy (non-hydrogen) atoms. The fourth-order valence-corrected chi connectivity index (χ4v) is 2.75. The van der Waals surface area contributed by atoms with E-state index in [-0.39, 0.29) is 0 Å². The number of rotatable bonds is 8. The van der Waals surface area contributed by atoms with Crippen molar-refractivity contribution in [2.24, 2.45) is 0 Å². The van der Waals surface area contributed by atoms with Crippen LogP contribution in [-0.4, -0.2) is 30.9 Å². The van der Waals surface area contributed by atoms with Gasteiger partial charge in [0, 0.05) is 6.54 Å². The van der Waals surface area contributed by atoms with Crippen LogP contribution in [0.25, 0.3) is 0 Å². The zero-order valence-electron chi connectivity index (χ0n) is 13.2. The van der Waals surface area contributed by atoms with Gasteiger partial charge in [-0.2, -0.15) is 0 Å². The molecule has 0 spiro atoms. The molecule has 0 amide bonds. The Morgan fingerprint density at radius 3 is 2.67 bits per heavy atom. The standard InChI is InChI=1S/C18H27NO2/c1-14-9-15(2)11-18(10-14)21-13-17(20)12-19-8-7-16-5-3-4-6-16/h5,9-11,17,19-20H,3-4,6-8,12-13H2,1-2H3. The van der Waals surface area contributed by atoms with E-state index in [1.54, 1.807) is 5.57 Å².